The van der Waals surface area contributed by atoms with Gasteiger partial charge in [0.2, 0.25) is 0 Å². The Hall–Kier alpha value is -1.02. The number of ketones is 1. The van der Waals surface area contributed by atoms with Crippen LogP contribution in [0.4, 0.5) is 0 Å². The monoisotopic (exact) mass is 232 g/mol. The smallest absolute Gasteiger partial charge is 0.158 e. The molecule has 0 amide bonds. The summed E-state index contributed by atoms with van der Waals surface area (Å²) in [6, 6.07) is 10.4. The number of thioether (sulfide) groups is 1. The van der Waals surface area contributed by atoms with Crippen molar-refractivity contribution in [2.45, 2.75) is 36.3 Å². The molecule has 1 aliphatic rings. The van der Waals surface area contributed by atoms with Crippen molar-refractivity contribution in [1.29, 1.82) is 0 Å². The van der Waals surface area contributed by atoms with Gasteiger partial charge in [-0.05, 0) is 30.5 Å². The highest BCUT2D eigenvalue weighted by Crippen LogP contribution is 2.34. The van der Waals surface area contributed by atoms with Crippen molar-refractivity contribution in [3.05, 3.63) is 42.0 Å². The Morgan fingerprint density at radius 2 is 2.12 bits per heavy atom. The fourth-order valence-electron chi connectivity index (χ4n) is 1.92. The van der Waals surface area contributed by atoms with Gasteiger partial charge in [-0.1, -0.05) is 31.2 Å². The molecule has 1 atom stereocenters. The van der Waals surface area contributed by atoms with Crippen molar-refractivity contribution in [3.8, 4) is 0 Å². The molecule has 0 saturated carbocycles. The highest BCUT2D eigenvalue weighted by atomic mass is 32.2. The summed E-state index contributed by atoms with van der Waals surface area (Å²) < 4.78 is 0. The van der Waals surface area contributed by atoms with Gasteiger partial charge in [-0.25, -0.2) is 0 Å². The van der Waals surface area contributed by atoms with Gasteiger partial charge in [0.1, 0.15) is 0 Å². The molecule has 16 heavy (non-hydrogen) atoms. The molecule has 0 heterocycles. The lowest BCUT2D eigenvalue weighted by Crippen LogP contribution is -2.02. The molecule has 0 fully saturated rings. The molecule has 0 bridgehead atoms. The van der Waals surface area contributed by atoms with Gasteiger partial charge in [0.05, 0.1) is 0 Å². The van der Waals surface area contributed by atoms with Crippen LogP contribution in [0.25, 0.3) is 0 Å². The predicted molar refractivity (Wildman–Crippen MR) is 68.7 cm³/mol. The van der Waals surface area contributed by atoms with Crippen molar-refractivity contribution >= 4 is 17.5 Å². The molecule has 1 unspecified atom stereocenters. The van der Waals surface area contributed by atoms with Crippen LogP contribution in [0.1, 0.15) is 26.2 Å². The van der Waals surface area contributed by atoms with Crippen LogP contribution >= 0.6 is 11.8 Å². The lowest BCUT2D eigenvalue weighted by atomic mass is 10.1. The van der Waals surface area contributed by atoms with Gasteiger partial charge in [0.25, 0.3) is 0 Å². The number of benzene rings is 1. The second kappa shape index (κ2) is 5.35. The van der Waals surface area contributed by atoms with E-state index >= 15 is 0 Å². The number of carbonyl (C=O) groups is 1. The summed E-state index contributed by atoms with van der Waals surface area (Å²) in [6.07, 6.45) is 4.72. The van der Waals surface area contributed by atoms with Crippen LogP contribution in [0.3, 0.4) is 0 Å². The third-order valence-electron chi connectivity index (χ3n) is 2.80. The van der Waals surface area contributed by atoms with Crippen LogP contribution in [0.15, 0.2) is 46.9 Å². The second-order valence-corrected chi connectivity index (χ2v) is 5.37. The molecule has 2 rings (SSSR count). The van der Waals surface area contributed by atoms with Crippen LogP contribution in [0, 0.1) is 0 Å². The van der Waals surface area contributed by atoms with E-state index in [1.54, 1.807) is 0 Å². The standard InChI is InChI=1S/C14H16OS/c1-2-14(15)11-8-9-13(10-11)16-12-6-4-3-5-7-12/h3-8,13H,2,9-10H2,1H3. The van der Waals surface area contributed by atoms with E-state index in [1.807, 2.05) is 24.8 Å². The summed E-state index contributed by atoms with van der Waals surface area (Å²) >= 11 is 1.88. The molecule has 84 valence electrons. The van der Waals surface area contributed by atoms with Crippen molar-refractivity contribution < 1.29 is 4.79 Å². The molecule has 0 radical (unpaired) electrons. The van der Waals surface area contributed by atoms with Crippen LogP contribution in [-0.2, 0) is 4.79 Å². The minimum absolute atomic E-state index is 0.316. The number of rotatable bonds is 4. The molecule has 1 nitrogen and oxygen atoms in total. The number of Topliss-reactive ketones (excluding diaryl/α,β-unsaturated/α-hetero) is 1. The van der Waals surface area contributed by atoms with E-state index in [4.69, 9.17) is 0 Å². The van der Waals surface area contributed by atoms with Crippen LogP contribution in [0.5, 0.6) is 0 Å². The van der Waals surface area contributed by atoms with Gasteiger partial charge in [0.15, 0.2) is 5.78 Å². The topological polar surface area (TPSA) is 17.1 Å². The maximum Gasteiger partial charge on any atom is 0.158 e. The Bertz CT molecular complexity index is 394. The Balaban J connectivity index is 1.90. The fourth-order valence-corrected chi connectivity index (χ4v) is 3.08. The van der Waals surface area contributed by atoms with E-state index in [-0.39, 0.29) is 0 Å². The summed E-state index contributed by atoms with van der Waals surface area (Å²) in [4.78, 5) is 12.8. The number of hydrogen-bond acceptors (Lipinski definition) is 2. The number of carbonyl (C=O) groups excluding carboxylic acids is 1. The van der Waals surface area contributed by atoms with E-state index in [2.05, 4.69) is 30.3 Å². The van der Waals surface area contributed by atoms with Crippen molar-refractivity contribution in [3.63, 3.8) is 0 Å². The average Bonchev–Trinajstić information content (AvgIpc) is 2.78. The van der Waals surface area contributed by atoms with Crippen LogP contribution < -0.4 is 0 Å². The third kappa shape index (κ3) is 2.76. The highest BCUT2D eigenvalue weighted by molar-refractivity contribution is 8.00. The number of allylic oxidation sites excluding steroid dienone is 2. The molecule has 0 spiro atoms. The third-order valence-corrected chi connectivity index (χ3v) is 4.04. The zero-order valence-electron chi connectivity index (χ0n) is 9.48. The van der Waals surface area contributed by atoms with Gasteiger partial charge in [-0.3, -0.25) is 4.79 Å². The molecule has 0 aliphatic heterocycles. The molecule has 1 aliphatic carbocycles. The summed E-state index contributed by atoms with van der Waals surface area (Å²) in [5.41, 5.74) is 1.04. The molecule has 0 N–H and O–H groups in total. The first kappa shape index (κ1) is 11.5. The largest absolute Gasteiger partial charge is 0.295 e. The predicted octanol–water partition coefficient (Wildman–Crippen LogP) is 3.85. The Morgan fingerprint density at radius 3 is 2.81 bits per heavy atom. The van der Waals surface area contributed by atoms with Gasteiger partial charge in [0, 0.05) is 16.6 Å². The summed E-state index contributed by atoms with van der Waals surface area (Å²) in [5, 5.41) is 0.549. The van der Waals surface area contributed by atoms with E-state index in [0.717, 1.165) is 18.4 Å². The number of hydrogen-bond donors (Lipinski definition) is 0. The molecule has 0 aromatic heterocycles. The lowest BCUT2D eigenvalue weighted by molar-refractivity contribution is -0.115. The lowest BCUT2D eigenvalue weighted by Gasteiger charge is -2.09. The van der Waals surface area contributed by atoms with Crippen molar-refractivity contribution in [2.24, 2.45) is 0 Å². The Kier molecular flexibility index (Phi) is 3.83. The zero-order chi connectivity index (χ0) is 11.4. The summed E-state index contributed by atoms with van der Waals surface area (Å²) in [6.45, 7) is 1.93. The molecular formula is C14H16OS. The van der Waals surface area contributed by atoms with E-state index in [1.165, 1.54) is 4.90 Å². The van der Waals surface area contributed by atoms with E-state index in [9.17, 15) is 4.79 Å². The quantitative estimate of drug-likeness (QED) is 0.784. The molecule has 2 heteroatoms. The molecular weight excluding hydrogens is 216 g/mol. The second-order valence-electron chi connectivity index (χ2n) is 4.00. The van der Waals surface area contributed by atoms with Gasteiger partial charge >= 0.3 is 0 Å². The Labute approximate surface area is 101 Å². The van der Waals surface area contributed by atoms with Crippen molar-refractivity contribution in [2.75, 3.05) is 0 Å². The minimum Gasteiger partial charge on any atom is -0.295 e. The zero-order valence-corrected chi connectivity index (χ0v) is 10.3. The first-order valence-corrected chi connectivity index (χ1v) is 6.61. The maximum absolute atomic E-state index is 11.5. The summed E-state index contributed by atoms with van der Waals surface area (Å²) in [5.74, 6) is 0.316. The first-order chi connectivity index (χ1) is 7.79. The summed E-state index contributed by atoms with van der Waals surface area (Å²) in [7, 11) is 0. The van der Waals surface area contributed by atoms with Gasteiger partial charge in [-0.15, -0.1) is 11.8 Å². The molecule has 1 aromatic carbocycles. The van der Waals surface area contributed by atoms with Gasteiger partial charge < -0.3 is 0 Å². The van der Waals surface area contributed by atoms with Gasteiger partial charge in [-0.2, -0.15) is 0 Å². The van der Waals surface area contributed by atoms with E-state index in [0.29, 0.717) is 17.5 Å². The average molecular weight is 232 g/mol. The first-order valence-electron chi connectivity index (χ1n) is 5.73. The molecule has 1 aromatic rings. The fraction of sp³-hybridized carbons (Fsp3) is 0.357. The normalized spacial score (nSPS) is 19.6. The van der Waals surface area contributed by atoms with Crippen molar-refractivity contribution in [1.82, 2.24) is 0 Å². The Morgan fingerprint density at radius 1 is 1.38 bits per heavy atom. The maximum atomic E-state index is 11.5. The SMILES string of the molecule is CCC(=O)C1=CCC(Sc2ccccc2)C1. The van der Waals surface area contributed by atoms with Crippen LogP contribution in [0.2, 0.25) is 0 Å². The van der Waals surface area contributed by atoms with Crippen LogP contribution in [-0.4, -0.2) is 11.0 Å². The van der Waals surface area contributed by atoms with E-state index < -0.39 is 0 Å². The minimum atomic E-state index is 0.316. The highest BCUT2D eigenvalue weighted by Gasteiger charge is 2.21. The molecule has 0 saturated heterocycles.